The molecule has 0 aliphatic heterocycles. The van der Waals surface area contributed by atoms with Gasteiger partial charge < -0.3 is 15.2 Å². The number of rotatable bonds is 8. The number of amides is 2. The number of nitrogens with zero attached hydrogens (tertiary/aromatic N) is 1. The van der Waals surface area contributed by atoms with E-state index in [0.717, 1.165) is 34.6 Å². The highest BCUT2D eigenvalue weighted by molar-refractivity contribution is 5.81. The monoisotopic (exact) mass is 341 g/mol. The van der Waals surface area contributed by atoms with Crippen molar-refractivity contribution in [1.82, 2.24) is 5.43 Å². The molecule has 0 radical (unpaired) electrons. The molecule has 0 saturated heterocycles. The fourth-order valence-corrected chi connectivity index (χ4v) is 2.31. The number of hydrazone groups is 1. The molecule has 0 unspecified atom stereocenters. The van der Waals surface area contributed by atoms with Gasteiger partial charge in [-0.25, -0.2) is 10.2 Å². The Morgan fingerprint density at radius 2 is 1.80 bits per heavy atom. The molecule has 2 rings (SSSR count). The fraction of sp³-hybridized carbons (Fsp3) is 0.263. The van der Waals surface area contributed by atoms with Crippen LogP contribution in [0.3, 0.4) is 0 Å². The summed E-state index contributed by atoms with van der Waals surface area (Å²) in [5, 5.41) is 3.72. The van der Waals surface area contributed by atoms with Crippen molar-refractivity contribution in [3.05, 3.63) is 59.2 Å². The van der Waals surface area contributed by atoms with Gasteiger partial charge in [0.05, 0.1) is 19.4 Å². The van der Waals surface area contributed by atoms with Gasteiger partial charge in [-0.1, -0.05) is 30.3 Å². The summed E-state index contributed by atoms with van der Waals surface area (Å²) in [5.41, 5.74) is 10.2. The maximum Gasteiger partial charge on any atom is 0.332 e. The zero-order valence-electron chi connectivity index (χ0n) is 14.5. The summed E-state index contributed by atoms with van der Waals surface area (Å²) >= 11 is 0. The van der Waals surface area contributed by atoms with Crippen LogP contribution in [0, 0.1) is 13.8 Å². The molecule has 0 aromatic heterocycles. The Kier molecular flexibility index (Phi) is 6.83. The van der Waals surface area contributed by atoms with Crippen LogP contribution in [0.5, 0.6) is 11.5 Å². The summed E-state index contributed by atoms with van der Waals surface area (Å²) in [4.78, 5) is 10.6. The van der Waals surface area contributed by atoms with Gasteiger partial charge in [0.25, 0.3) is 0 Å². The first kappa shape index (κ1) is 18.3. The van der Waals surface area contributed by atoms with E-state index in [1.54, 1.807) is 0 Å². The molecule has 2 aromatic carbocycles. The van der Waals surface area contributed by atoms with Crippen molar-refractivity contribution in [3.8, 4) is 11.5 Å². The predicted octanol–water partition coefficient (Wildman–Crippen LogP) is 3.15. The molecule has 0 aliphatic rings. The molecule has 0 heterocycles. The number of carbonyl (C=O) groups excluding carboxylic acids is 1. The topological polar surface area (TPSA) is 85.9 Å². The van der Waals surface area contributed by atoms with E-state index < -0.39 is 6.03 Å². The fourth-order valence-electron chi connectivity index (χ4n) is 2.31. The highest BCUT2D eigenvalue weighted by Crippen LogP contribution is 2.22. The van der Waals surface area contributed by atoms with Gasteiger partial charge in [-0.2, -0.15) is 5.10 Å². The molecule has 0 atom stereocenters. The van der Waals surface area contributed by atoms with Crippen LogP contribution in [-0.2, 0) is 0 Å². The van der Waals surface area contributed by atoms with E-state index in [1.165, 1.54) is 6.21 Å². The second kappa shape index (κ2) is 9.32. The number of aryl methyl sites for hydroxylation is 2. The minimum atomic E-state index is -0.701. The minimum absolute atomic E-state index is 0.547. The van der Waals surface area contributed by atoms with Crippen molar-refractivity contribution < 1.29 is 14.3 Å². The SMILES string of the molecule is Cc1cccc(C)c1OCCCOc1cccc(C=NNC(N)=O)c1. The number of urea groups is 1. The average Bonchev–Trinajstić information content (AvgIpc) is 2.57. The number of hydrogen-bond acceptors (Lipinski definition) is 4. The molecule has 0 aliphatic carbocycles. The molecular weight excluding hydrogens is 318 g/mol. The van der Waals surface area contributed by atoms with Gasteiger partial charge in [-0.3, -0.25) is 0 Å². The van der Waals surface area contributed by atoms with Gasteiger partial charge in [-0.05, 0) is 42.7 Å². The van der Waals surface area contributed by atoms with Crippen LogP contribution in [0.1, 0.15) is 23.1 Å². The quantitative estimate of drug-likeness (QED) is 0.439. The first-order chi connectivity index (χ1) is 12.1. The second-order valence-corrected chi connectivity index (χ2v) is 5.58. The standard InChI is InChI=1S/C19H23N3O3/c1-14-6-3-7-15(2)18(14)25-11-5-10-24-17-9-4-8-16(12-17)13-21-22-19(20)23/h3-4,6-9,12-13H,5,10-11H2,1-2H3,(H3,20,22,23). The van der Waals surface area contributed by atoms with Crippen molar-refractivity contribution in [3.63, 3.8) is 0 Å². The second-order valence-electron chi connectivity index (χ2n) is 5.58. The lowest BCUT2D eigenvalue weighted by atomic mass is 10.1. The van der Waals surface area contributed by atoms with Gasteiger partial charge in [0.2, 0.25) is 0 Å². The zero-order valence-corrected chi connectivity index (χ0v) is 14.5. The average molecular weight is 341 g/mol. The molecule has 25 heavy (non-hydrogen) atoms. The van der Waals surface area contributed by atoms with Crippen LogP contribution >= 0.6 is 0 Å². The number of carbonyl (C=O) groups is 1. The summed E-state index contributed by atoms with van der Waals surface area (Å²) in [7, 11) is 0. The van der Waals surface area contributed by atoms with Crippen molar-refractivity contribution in [1.29, 1.82) is 0 Å². The van der Waals surface area contributed by atoms with Crippen molar-refractivity contribution in [2.75, 3.05) is 13.2 Å². The Morgan fingerprint density at radius 1 is 1.12 bits per heavy atom. The summed E-state index contributed by atoms with van der Waals surface area (Å²) in [6, 6.07) is 12.8. The number of nitrogens with one attached hydrogen (secondary N) is 1. The Balaban J connectivity index is 1.76. The smallest absolute Gasteiger partial charge is 0.332 e. The number of nitrogens with two attached hydrogens (primary N) is 1. The third kappa shape index (κ3) is 6.18. The van der Waals surface area contributed by atoms with E-state index in [0.29, 0.717) is 13.2 Å². The normalized spacial score (nSPS) is 10.6. The van der Waals surface area contributed by atoms with Crippen LogP contribution in [0.25, 0.3) is 0 Å². The van der Waals surface area contributed by atoms with Crippen LogP contribution in [-0.4, -0.2) is 25.5 Å². The molecule has 0 bridgehead atoms. The minimum Gasteiger partial charge on any atom is -0.493 e. The summed E-state index contributed by atoms with van der Waals surface area (Å²) < 4.78 is 11.6. The van der Waals surface area contributed by atoms with Gasteiger partial charge >= 0.3 is 6.03 Å². The maximum atomic E-state index is 10.6. The van der Waals surface area contributed by atoms with E-state index in [9.17, 15) is 4.79 Å². The number of hydrogen-bond donors (Lipinski definition) is 2. The van der Waals surface area contributed by atoms with Crippen LogP contribution in [0.4, 0.5) is 4.79 Å². The molecule has 2 amide bonds. The molecule has 2 aromatic rings. The predicted molar refractivity (Wildman–Crippen MR) is 98.3 cm³/mol. The first-order valence-electron chi connectivity index (χ1n) is 8.06. The zero-order chi connectivity index (χ0) is 18.1. The molecule has 3 N–H and O–H groups in total. The Bertz CT molecular complexity index is 724. The van der Waals surface area contributed by atoms with Gasteiger partial charge in [-0.15, -0.1) is 0 Å². The van der Waals surface area contributed by atoms with E-state index >= 15 is 0 Å². The van der Waals surface area contributed by atoms with Gasteiger partial charge in [0, 0.05) is 6.42 Å². The van der Waals surface area contributed by atoms with Gasteiger partial charge in [0.1, 0.15) is 11.5 Å². The van der Waals surface area contributed by atoms with Gasteiger partial charge in [0.15, 0.2) is 0 Å². The third-order valence-electron chi connectivity index (χ3n) is 3.46. The lowest BCUT2D eigenvalue weighted by Crippen LogP contribution is -2.24. The molecule has 132 valence electrons. The van der Waals surface area contributed by atoms with Crippen LogP contribution in [0.2, 0.25) is 0 Å². The maximum absolute atomic E-state index is 10.6. The molecular formula is C19H23N3O3. The first-order valence-corrected chi connectivity index (χ1v) is 8.06. The Morgan fingerprint density at radius 3 is 2.52 bits per heavy atom. The van der Waals surface area contributed by atoms with Crippen molar-refractivity contribution >= 4 is 12.2 Å². The molecule has 0 fully saturated rings. The summed E-state index contributed by atoms with van der Waals surface area (Å²) in [6.45, 7) is 5.22. The number of primary amides is 1. The van der Waals surface area contributed by atoms with E-state index in [4.69, 9.17) is 15.2 Å². The van der Waals surface area contributed by atoms with Crippen molar-refractivity contribution in [2.45, 2.75) is 20.3 Å². The third-order valence-corrected chi connectivity index (χ3v) is 3.46. The molecule has 6 heteroatoms. The summed E-state index contributed by atoms with van der Waals surface area (Å²) in [6.07, 6.45) is 2.27. The lowest BCUT2D eigenvalue weighted by molar-refractivity contribution is 0.245. The van der Waals surface area contributed by atoms with E-state index in [1.807, 2.05) is 56.3 Å². The Labute approximate surface area is 147 Å². The number of para-hydroxylation sites is 1. The lowest BCUT2D eigenvalue weighted by Gasteiger charge is -2.12. The molecule has 0 saturated carbocycles. The summed E-state index contributed by atoms with van der Waals surface area (Å²) in [5.74, 6) is 1.68. The molecule has 0 spiro atoms. The number of ether oxygens (including phenoxy) is 2. The Hall–Kier alpha value is -3.02. The largest absolute Gasteiger partial charge is 0.493 e. The molecule has 6 nitrogen and oxygen atoms in total. The van der Waals surface area contributed by atoms with Crippen LogP contribution in [0.15, 0.2) is 47.6 Å². The van der Waals surface area contributed by atoms with Crippen LogP contribution < -0.4 is 20.6 Å². The van der Waals surface area contributed by atoms with Crippen molar-refractivity contribution in [2.24, 2.45) is 10.8 Å². The number of benzene rings is 2. The highest BCUT2D eigenvalue weighted by Gasteiger charge is 2.03. The van der Waals surface area contributed by atoms with E-state index in [2.05, 4.69) is 10.5 Å². The van der Waals surface area contributed by atoms with E-state index in [-0.39, 0.29) is 0 Å². The highest BCUT2D eigenvalue weighted by atomic mass is 16.5.